The lowest BCUT2D eigenvalue weighted by Gasteiger charge is -2.11. The Morgan fingerprint density at radius 3 is 2.38 bits per heavy atom. The lowest BCUT2D eigenvalue weighted by Crippen LogP contribution is -2.44. The van der Waals surface area contributed by atoms with Gasteiger partial charge >= 0.3 is 11.9 Å². The van der Waals surface area contributed by atoms with E-state index in [1.54, 1.807) is 4.72 Å². The van der Waals surface area contributed by atoms with Crippen molar-refractivity contribution in [2.45, 2.75) is 12.5 Å². The lowest BCUT2D eigenvalue weighted by molar-refractivity contribution is -0.140. The summed E-state index contributed by atoms with van der Waals surface area (Å²) >= 11 is 0. The van der Waals surface area contributed by atoms with Gasteiger partial charge in [0.1, 0.15) is 6.04 Å². The summed E-state index contributed by atoms with van der Waals surface area (Å²) in [4.78, 5) is 21.1. The smallest absolute Gasteiger partial charge is 0.324 e. The number of aliphatic carboxylic acids is 1. The maximum absolute atomic E-state index is 11.2. The molecule has 0 amide bonds. The summed E-state index contributed by atoms with van der Waals surface area (Å²) < 4.78 is 28.4. The number of carbonyl (C=O) groups excluding carboxylic acids is 1. The fraction of sp³-hybridized carbons (Fsp3) is 0.714. The van der Waals surface area contributed by atoms with Crippen LogP contribution in [0.1, 0.15) is 6.42 Å². The maximum atomic E-state index is 11.2. The predicted octanol–water partition coefficient (Wildman–Crippen LogP) is -2.09. The van der Waals surface area contributed by atoms with E-state index in [4.69, 9.17) is 10.2 Å². The number of carboxylic acids is 1. The van der Waals surface area contributed by atoms with Crippen molar-refractivity contribution in [3.05, 3.63) is 0 Å². The zero-order valence-corrected chi connectivity index (χ0v) is 9.36. The normalized spacial score (nSPS) is 13.1. The summed E-state index contributed by atoms with van der Waals surface area (Å²) in [5, 5.41) is 17.1. The molecule has 9 heteroatoms. The third-order valence-corrected chi connectivity index (χ3v) is 2.99. The largest absolute Gasteiger partial charge is 0.480 e. The number of nitrogens with one attached hydrogen (secondary N) is 1. The molecule has 0 radical (unpaired) electrons. The fourth-order valence-corrected chi connectivity index (χ4v) is 1.92. The fourth-order valence-electron chi connectivity index (χ4n) is 0.761. The first kappa shape index (κ1) is 14.8. The first-order valence-corrected chi connectivity index (χ1v) is 5.88. The van der Waals surface area contributed by atoms with Gasteiger partial charge in [-0.15, -0.1) is 0 Å². The van der Waals surface area contributed by atoms with Gasteiger partial charge in [-0.25, -0.2) is 8.42 Å². The second-order valence-corrected chi connectivity index (χ2v) is 4.71. The van der Waals surface area contributed by atoms with Crippen LogP contribution in [0.3, 0.4) is 0 Å². The summed E-state index contributed by atoms with van der Waals surface area (Å²) in [5.74, 6) is -2.81. The first-order valence-electron chi connectivity index (χ1n) is 4.23. The monoisotopic (exact) mass is 255 g/mol. The molecule has 0 fully saturated rings. The van der Waals surface area contributed by atoms with Crippen molar-refractivity contribution < 1.29 is 33.0 Å². The molecule has 8 nitrogen and oxygen atoms in total. The zero-order valence-electron chi connectivity index (χ0n) is 8.54. The molecule has 1 atom stereocenters. The molecule has 0 aromatic heterocycles. The summed E-state index contributed by atoms with van der Waals surface area (Å²) in [5.41, 5.74) is 0. The Morgan fingerprint density at radius 1 is 1.44 bits per heavy atom. The van der Waals surface area contributed by atoms with Gasteiger partial charge in [0.05, 0.1) is 25.9 Å². The van der Waals surface area contributed by atoms with E-state index < -0.39 is 40.4 Å². The van der Waals surface area contributed by atoms with Crippen LogP contribution in [0.4, 0.5) is 0 Å². The van der Waals surface area contributed by atoms with Crippen LogP contribution in [0.15, 0.2) is 0 Å². The number of ether oxygens (including phenoxy) is 1. The quantitative estimate of drug-likeness (QED) is 0.445. The molecule has 0 heterocycles. The number of esters is 1. The van der Waals surface area contributed by atoms with Crippen molar-refractivity contribution >= 4 is 22.0 Å². The molecule has 0 saturated carbocycles. The van der Waals surface area contributed by atoms with E-state index in [1.807, 2.05) is 0 Å². The minimum atomic E-state index is -3.93. The Balaban J connectivity index is 4.34. The lowest BCUT2D eigenvalue weighted by atomic mass is 10.3. The molecular weight excluding hydrogens is 242 g/mol. The van der Waals surface area contributed by atoms with Crippen molar-refractivity contribution in [1.29, 1.82) is 0 Å². The van der Waals surface area contributed by atoms with Crippen LogP contribution in [0, 0.1) is 0 Å². The molecular formula is C7H13NO7S. The van der Waals surface area contributed by atoms with E-state index in [2.05, 4.69) is 4.74 Å². The molecule has 0 aliphatic rings. The van der Waals surface area contributed by atoms with Crippen LogP contribution in [-0.2, 0) is 24.3 Å². The predicted molar refractivity (Wildman–Crippen MR) is 52.1 cm³/mol. The highest BCUT2D eigenvalue weighted by Gasteiger charge is 2.23. The van der Waals surface area contributed by atoms with Crippen LogP contribution >= 0.6 is 0 Å². The van der Waals surface area contributed by atoms with Crippen LogP contribution < -0.4 is 4.72 Å². The number of hydrogen-bond acceptors (Lipinski definition) is 6. The second-order valence-electron chi connectivity index (χ2n) is 2.84. The highest BCUT2D eigenvalue weighted by molar-refractivity contribution is 7.89. The molecule has 0 bridgehead atoms. The molecule has 0 unspecified atom stereocenters. The molecule has 0 aromatic rings. The van der Waals surface area contributed by atoms with Gasteiger partial charge < -0.3 is 14.9 Å². The molecule has 16 heavy (non-hydrogen) atoms. The number of carbonyl (C=O) groups is 2. The minimum Gasteiger partial charge on any atom is -0.480 e. The number of aliphatic hydroxyl groups excluding tert-OH is 1. The molecule has 0 aromatic carbocycles. The van der Waals surface area contributed by atoms with E-state index in [0.717, 1.165) is 7.11 Å². The van der Waals surface area contributed by atoms with Crippen molar-refractivity contribution in [2.75, 3.05) is 19.5 Å². The number of carboxylic acid groups (broad SMARTS) is 1. The molecule has 0 aliphatic carbocycles. The first-order chi connectivity index (χ1) is 7.32. The van der Waals surface area contributed by atoms with Crippen LogP contribution in [0.5, 0.6) is 0 Å². The maximum Gasteiger partial charge on any atom is 0.324 e. The van der Waals surface area contributed by atoms with E-state index in [-0.39, 0.29) is 6.42 Å². The van der Waals surface area contributed by atoms with Crippen molar-refractivity contribution in [2.24, 2.45) is 0 Å². The Hall–Kier alpha value is -1.19. The van der Waals surface area contributed by atoms with Crippen molar-refractivity contribution in [3.63, 3.8) is 0 Å². The number of methoxy groups -OCH3 is 1. The van der Waals surface area contributed by atoms with Gasteiger partial charge in [-0.1, -0.05) is 0 Å². The van der Waals surface area contributed by atoms with Crippen molar-refractivity contribution in [1.82, 2.24) is 4.72 Å². The molecule has 94 valence electrons. The van der Waals surface area contributed by atoms with Gasteiger partial charge in [0.15, 0.2) is 0 Å². The Bertz CT molecular complexity index is 350. The van der Waals surface area contributed by atoms with Gasteiger partial charge in [0, 0.05) is 0 Å². The third-order valence-electron chi connectivity index (χ3n) is 1.61. The topological polar surface area (TPSA) is 130 Å². The minimum absolute atomic E-state index is 0.385. The van der Waals surface area contributed by atoms with Gasteiger partial charge in [0.2, 0.25) is 10.0 Å². The van der Waals surface area contributed by atoms with Crippen LogP contribution in [0.2, 0.25) is 0 Å². The molecule has 0 aliphatic heterocycles. The average Bonchev–Trinajstić information content (AvgIpc) is 2.22. The highest BCUT2D eigenvalue weighted by atomic mass is 32.2. The van der Waals surface area contributed by atoms with Crippen molar-refractivity contribution in [3.8, 4) is 0 Å². The van der Waals surface area contributed by atoms with Gasteiger partial charge in [-0.3, -0.25) is 9.59 Å². The molecule has 0 saturated heterocycles. The summed E-state index contributed by atoms with van der Waals surface area (Å²) in [6.45, 7) is -0.868. The Kier molecular flexibility index (Phi) is 5.93. The van der Waals surface area contributed by atoms with E-state index in [9.17, 15) is 18.0 Å². The Morgan fingerprint density at radius 2 is 2.00 bits per heavy atom. The molecule has 3 N–H and O–H groups in total. The van der Waals surface area contributed by atoms with Gasteiger partial charge in [-0.05, 0) is 0 Å². The number of rotatable bonds is 7. The molecule has 0 rings (SSSR count). The highest BCUT2D eigenvalue weighted by Crippen LogP contribution is 1.95. The number of hydrogen-bond donors (Lipinski definition) is 3. The Labute approximate surface area is 92.3 Å². The van der Waals surface area contributed by atoms with E-state index >= 15 is 0 Å². The van der Waals surface area contributed by atoms with Gasteiger partial charge in [-0.2, -0.15) is 4.72 Å². The average molecular weight is 255 g/mol. The summed E-state index contributed by atoms with van der Waals surface area (Å²) in [7, 11) is -2.83. The SMILES string of the molecule is COC(=O)CCS(=O)(=O)N[C@H](CO)C(=O)O. The third kappa shape index (κ3) is 5.63. The molecule has 0 spiro atoms. The van der Waals surface area contributed by atoms with E-state index in [1.165, 1.54) is 0 Å². The number of aliphatic hydroxyl groups is 1. The number of sulfonamides is 1. The van der Waals surface area contributed by atoms with Crippen LogP contribution in [-0.4, -0.2) is 56.1 Å². The van der Waals surface area contributed by atoms with E-state index in [0.29, 0.717) is 0 Å². The zero-order chi connectivity index (χ0) is 12.8. The summed E-state index contributed by atoms with van der Waals surface area (Å²) in [6, 6.07) is -1.61. The summed E-state index contributed by atoms with van der Waals surface area (Å²) in [6.07, 6.45) is -0.385. The second kappa shape index (κ2) is 6.40. The van der Waals surface area contributed by atoms with Gasteiger partial charge in [0.25, 0.3) is 0 Å². The standard InChI is InChI=1S/C7H13NO7S/c1-15-6(10)2-3-16(13,14)8-5(4-9)7(11)12/h5,8-9H,2-4H2,1H3,(H,11,12)/t5-/m1/s1. The van der Waals surface area contributed by atoms with Crippen LogP contribution in [0.25, 0.3) is 0 Å².